The number of thioether (sulfide) groups is 2. The summed E-state index contributed by atoms with van der Waals surface area (Å²) < 4.78 is 19.3. The molecule has 3 aromatic rings. The zero-order chi connectivity index (χ0) is 26.3. The summed E-state index contributed by atoms with van der Waals surface area (Å²) in [6, 6.07) is 30.3. The molecule has 0 aliphatic rings. The smallest absolute Gasteiger partial charge is 0.114 e. The second-order valence-corrected chi connectivity index (χ2v) is 11.9. The van der Waals surface area contributed by atoms with Crippen LogP contribution in [-0.4, -0.2) is 45.6 Å². The molecular formula is C31H40O4S2. The van der Waals surface area contributed by atoms with Gasteiger partial charge >= 0.3 is 0 Å². The van der Waals surface area contributed by atoms with Crippen LogP contribution in [0.15, 0.2) is 91.0 Å². The van der Waals surface area contributed by atoms with Crippen molar-refractivity contribution in [2.75, 3.05) is 11.5 Å². The van der Waals surface area contributed by atoms with Crippen molar-refractivity contribution < 1.29 is 19.3 Å². The third-order valence-electron chi connectivity index (χ3n) is 6.00. The molecule has 6 heteroatoms. The fourth-order valence-electron chi connectivity index (χ4n) is 3.98. The lowest BCUT2D eigenvalue weighted by Gasteiger charge is -2.37. The topological polar surface area (TPSA) is 47.9 Å². The minimum absolute atomic E-state index is 0.107. The molecule has 200 valence electrons. The van der Waals surface area contributed by atoms with Crippen molar-refractivity contribution in [1.82, 2.24) is 0 Å². The van der Waals surface area contributed by atoms with Gasteiger partial charge in [-0.25, -0.2) is 0 Å². The van der Waals surface area contributed by atoms with Gasteiger partial charge in [0.15, 0.2) is 0 Å². The summed E-state index contributed by atoms with van der Waals surface area (Å²) in [5.74, 6) is 1.90. The Labute approximate surface area is 231 Å². The van der Waals surface area contributed by atoms with Gasteiger partial charge in [-0.05, 0) is 35.1 Å². The Morgan fingerprint density at radius 1 is 0.595 bits per heavy atom. The zero-order valence-corrected chi connectivity index (χ0v) is 23.7. The number of hydrogen-bond acceptors (Lipinski definition) is 6. The van der Waals surface area contributed by atoms with Gasteiger partial charge in [-0.3, -0.25) is 0 Å². The van der Waals surface area contributed by atoms with Gasteiger partial charge in [0.05, 0.1) is 30.5 Å². The van der Waals surface area contributed by atoms with Crippen LogP contribution in [-0.2, 0) is 34.0 Å². The lowest BCUT2D eigenvalue weighted by molar-refractivity contribution is -0.161. The van der Waals surface area contributed by atoms with E-state index >= 15 is 0 Å². The maximum Gasteiger partial charge on any atom is 0.114 e. The second-order valence-electron chi connectivity index (χ2n) is 8.79. The summed E-state index contributed by atoms with van der Waals surface area (Å²) in [6.45, 7) is 7.49. The van der Waals surface area contributed by atoms with Crippen LogP contribution in [0, 0.1) is 0 Å². The first-order chi connectivity index (χ1) is 18.1. The van der Waals surface area contributed by atoms with Crippen molar-refractivity contribution in [3.8, 4) is 0 Å². The van der Waals surface area contributed by atoms with E-state index in [0.29, 0.717) is 19.8 Å². The number of aliphatic hydroxyl groups is 1. The summed E-state index contributed by atoms with van der Waals surface area (Å²) in [5, 5.41) is 11.6. The van der Waals surface area contributed by atoms with Gasteiger partial charge in [-0.15, -0.1) is 23.5 Å². The van der Waals surface area contributed by atoms with Crippen molar-refractivity contribution in [1.29, 1.82) is 0 Å². The number of benzene rings is 3. The molecule has 1 unspecified atom stereocenters. The van der Waals surface area contributed by atoms with Gasteiger partial charge in [0.1, 0.15) is 18.3 Å². The first-order valence-electron chi connectivity index (χ1n) is 13.0. The van der Waals surface area contributed by atoms with Gasteiger partial charge in [0, 0.05) is 0 Å². The molecule has 4 atom stereocenters. The van der Waals surface area contributed by atoms with E-state index < -0.39 is 18.3 Å². The predicted molar refractivity (Wildman–Crippen MR) is 157 cm³/mol. The highest BCUT2D eigenvalue weighted by atomic mass is 32.2. The highest BCUT2D eigenvalue weighted by Gasteiger charge is 2.39. The van der Waals surface area contributed by atoms with Crippen LogP contribution in [0.3, 0.4) is 0 Å². The molecule has 0 bridgehead atoms. The molecular weight excluding hydrogens is 500 g/mol. The number of ether oxygens (including phenoxy) is 3. The Morgan fingerprint density at radius 2 is 0.973 bits per heavy atom. The van der Waals surface area contributed by atoms with E-state index in [9.17, 15) is 5.11 Å². The molecule has 0 heterocycles. The molecule has 0 spiro atoms. The first-order valence-corrected chi connectivity index (χ1v) is 15.1. The molecule has 3 rings (SSSR count). The molecule has 0 aromatic heterocycles. The fraction of sp³-hybridized carbons (Fsp3) is 0.419. The second kappa shape index (κ2) is 16.9. The SMILES string of the molecule is CCSC(SCC)[C@H](OCc1ccccc1)[C@@H](OCc1ccccc1)[C@@H](O)C(C)OCc1ccccc1. The quantitative estimate of drug-likeness (QED) is 0.187. The van der Waals surface area contributed by atoms with E-state index in [0.717, 1.165) is 28.2 Å². The highest BCUT2D eigenvalue weighted by molar-refractivity contribution is 8.17. The average molecular weight is 541 g/mol. The van der Waals surface area contributed by atoms with Crippen LogP contribution >= 0.6 is 23.5 Å². The number of rotatable bonds is 17. The Morgan fingerprint density at radius 3 is 1.38 bits per heavy atom. The van der Waals surface area contributed by atoms with Crippen molar-refractivity contribution in [2.45, 2.75) is 69.6 Å². The van der Waals surface area contributed by atoms with E-state index in [2.05, 4.69) is 26.0 Å². The minimum atomic E-state index is -0.870. The molecule has 0 fully saturated rings. The van der Waals surface area contributed by atoms with Gasteiger partial charge in [-0.2, -0.15) is 0 Å². The van der Waals surface area contributed by atoms with Gasteiger partial charge < -0.3 is 19.3 Å². The Hall–Kier alpha value is -1.80. The minimum Gasteiger partial charge on any atom is -0.388 e. The van der Waals surface area contributed by atoms with E-state index in [1.807, 2.05) is 109 Å². The molecule has 3 aromatic carbocycles. The van der Waals surface area contributed by atoms with Crippen molar-refractivity contribution in [2.24, 2.45) is 0 Å². The van der Waals surface area contributed by atoms with Crippen LogP contribution in [0.1, 0.15) is 37.5 Å². The summed E-state index contributed by atoms with van der Waals surface area (Å²) in [7, 11) is 0. The zero-order valence-electron chi connectivity index (χ0n) is 22.1. The number of hydrogen-bond donors (Lipinski definition) is 1. The monoisotopic (exact) mass is 540 g/mol. The van der Waals surface area contributed by atoms with E-state index in [1.165, 1.54) is 0 Å². The lowest BCUT2D eigenvalue weighted by atomic mass is 10.0. The fourth-order valence-corrected chi connectivity index (χ4v) is 6.69. The first kappa shape index (κ1) is 29.8. The highest BCUT2D eigenvalue weighted by Crippen LogP contribution is 2.33. The van der Waals surface area contributed by atoms with Crippen molar-refractivity contribution in [3.63, 3.8) is 0 Å². The van der Waals surface area contributed by atoms with E-state index in [-0.39, 0.29) is 10.7 Å². The Balaban J connectivity index is 1.83. The largest absolute Gasteiger partial charge is 0.388 e. The maximum absolute atomic E-state index is 11.6. The van der Waals surface area contributed by atoms with E-state index in [1.54, 1.807) is 0 Å². The van der Waals surface area contributed by atoms with Crippen LogP contribution in [0.25, 0.3) is 0 Å². The van der Waals surface area contributed by atoms with Crippen LogP contribution < -0.4 is 0 Å². The standard InChI is InChI=1S/C31H40O4S2/c1-4-36-31(37-5-2)30(35-23-27-19-13-8-14-20-27)29(34-22-26-17-11-7-12-18-26)28(32)24(3)33-21-25-15-9-6-10-16-25/h6-20,24,28-32H,4-5,21-23H2,1-3H3/t24?,28-,29-,30+/m0/s1. The Kier molecular flexibility index (Phi) is 13.6. The van der Waals surface area contributed by atoms with Crippen molar-refractivity contribution in [3.05, 3.63) is 108 Å². The third kappa shape index (κ3) is 10.1. The summed E-state index contributed by atoms with van der Waals surface area (Å²) in [6.07, 6.45) is -2.22. The van der Waals surface area contributed by atoms with Gasteiger partial charge in [0.25, 0.3) is 0 Å². The molecule has 0 saturated heterocycles. The molecule has 0 aliphatic carbocycles. The average Bonchev–Trinajstić information content (AvgIpc) is 2.94. The number of aliphatic hydroxyl groups excluding tert-OH is 1. The van der Waals surface area contributed by atoms with Crippen LogP contribution in [0.4, 0.5) is 0 Å². The molecule has 0 amide bonds. The lowest BCUT2D eigenvalue weighted by Crippen LogP contribution is -2.50. The molecule has 0 saturated carbocycles. The normalized spacial score (nSPS) is 14.8. The summed E-state index contributed by atoms with van der Waals surface area (Å²) >= 11 is 3.68. The predicted octanol–water partition coefficient (Wildman–Crippen LogP) is 6.96. The van der Waals surface area contributed by atoms with Gasteiger partial charge in [0.2, 0.25) is 0 Å². The maximum atomic E-state index is 11.6. The Bertz CT molecular complexity index is 968. The summed E-state index contributed by atoms with van der Waals surface area (Å²) in [4.78, 5) is 0. The van der Waals surface area contributed by atoms with Gasteiger partial charge in [-0.1, -0.05) is 105 Å². The molecule has 4 nitrogen and oxygen atoms in total. The summed E-state index contributed by atoms with van der Waals surface area (Å²) in [5.41, 5.74) is 3.22. The van der Waals surface area contributed by atoms with Crippen molar-refractivity contribution >= 4 is 23.5 Å². The third-order valence-corrected chi connectivity index (χ3v) is 8.67. The van der Waals surface area contributed by atoms with E-state index in [4.69, 9.17) is 14.2 Å². The van der Waals surface area contributed by atoms with Crippen LogP contribution in [0.5, 0.6) is 0 Å². The van der Waals surface area contributed by atoms with Crippen LogP contribution in [0.2, 0.25) is 0 Å². The molecule has 1 N–H and O–H groups in total. The molecule has 0 aliphatic heterocycles. The molecule has 0 radical (unpaired) electrons. The molecule has 37 heavy (non-hydrogen) atoms.